The number of nitrogens with one attached hydrogen (secondary N) is 3. The lowest BCUT2D eigenvalue weighted by Crippen LogP contribution is -2.43. The van der Waals surface area contributed by atoms with Crippen molar-refractivity contribution in [2.45, 2.75) is 13.8 Å². The van der Waals surface area contributed by atoms with Gasteiger partial charge >= 0.3 is 0 Å². The zero-order valence-electron chi connectivity index (χ0n) is 11.9. The number of hydrogen-bond acceptors (Lipinski definition) is 3. The fourth-order valence-electron chi connectivity index (χ4n) is 1.66. The monoisotopic (exact) mass is 297 g/mol. The van der Waals surface area contributed by atoms with E-state index in [1.807, 2.05) is 13.8 Å². The maximum atomic E-state index is 11.8. The Hall–Kier alpha value is -1.59. The minimum Gasteiger partial charge on any atom is -0.359 e. The van der Waals surface area contributed by atoms with Crippen molar-refractivity contribution < 1.29 is 9.59 Å². The molecule has 0 atom stereocenters. The number of halogens is 1. The highest BCUT2D eigenvalue weighted by atomic mass is 35.5. The van der Waals surface area contributed by atoms with Gasteiger partial charge in [0.15, 0.2) is 0 Å². The summed E-state index contributed by atoms with van der Waals surface area (Å²) in [5.41, 5.74) is 0.00547. The first-order valence-electron chi connectivity index (χ1n) is 6.34. The molecule has 0 fully saturated rings. The van der Waals surface area contributed by atoms with Crippen LogP contribution < -0.4 is 16.0 Å². The zero-order valence-corrected chi connectivity index (χ0v) is 12.7. The molecule has 110 valence electrons. The van der Waals surface area contributed by atoms with Gasteiger partial charge in [0.2, 0.25) is 11.8 Å². The predicted molar refractivity (Wildman–Crippen MR) is 80.8 cm³/mol. The van der Waals surface area contributed by atoms with Crippen molar-refractivity contribution in [3.63, 3.8) is 0 Å². The minimum atomic E-state index is -0.570. The van der Waals surface area contributed by atoms with Gasteiger partial charge in [-0.05, 0) is 26.0 Å². The van der Waals surface area contributed by atoms with Crippen molar-refractivity contribution in [3.8, 4) is 0 Å². The lowest BCUT2D eigenvalue weighted by Gasteiger charge is -2.22. The first kappa shape index (κ1) is 16.5. The van der Waals surface area contributed by atoms with Crippen LogP contribution in [0.3, 0.4) is 0 Å². The molecule has 6 heteroatoms. The van der Waals surface area contributed by atoms with Crippen LogP contribution in [0, 0.1) is 5.41 Å². The highest BCUT2D eigenvalue weighted by molar-refractivity contribution is 6.33. The fourth-order valence-corrected chi connectivity index (χ4v) is 1.85. The summed E-state index contributed by atoms with van der Waals surface area (Å²) < 4.78 is 0. The number of benzene rings is 1. The van der Waals surface area contributed by atoms with Crippen LogP contribution in [0.5, 0.6) is 0 Å². The van der Waals surface area contributed by atoms with Crippen LogP contribution in [-0.2, 0) is 9.59 Å². The number of carbonyl (C=O) groups excluding carboxylic acids is 2. The molecule has 1 aromatic rings. The number of amides is 2. The molecule has 1 aromatic carbocycles. The van der Waals surface area contributed by atoms with E-state index in [2.05, 4.69) is 16.0 Å². The maximum Gasteiger partial charge on any atom is 0.238 e. The van der Waals surface area contributed by atoms with E-state index in [0.717, 1.165) is 0 Å². The summed E-state index contributed by atoms with van der Waals surface area (Å²) in [5, 5.41) is 8.76. The Kier molecular flexibility index (Phi) is 5.98. The van der Waals surface area contributed by atoms with Gasteiger partial charge in [-0.25, -0.2) is 0 Å². The highest BCUT2D eigenvalue weighted by Crippen LogP contribution is 2.20. The molecule has 0 aliphatic carbocycles. The molecule has 0 unspecified atom stereocenters. The van der Waals surface area contributed by atoms with Crippen LogP contribution in [0.4, 0.5) is 5.69 Å². The summed E-state index contributed by atoms with van der Waals surface area (Å²) in [7, 11) is 1.59. The summed E-state index contributed by atoms with van der Waals surface area (Å²) in [6, 6.07) is 7.03. The molecular weight excluding hydrogens is 278 g/mol. The molecule has 0 heterocycles. The van der Waals surface area contributed by atoms with Crippen LogP contribution >= 0.6 is 11.6 Å². The van der Waals surface area contributed by atoms with Crippen molar-refractivity contribution in [1.82, 2.24) is 10.6 Å². The first-order chi connectivity index (χ1) is 9.36. The third-order valence-corrected chi connectivity index (χ3v) is 3.17. The standard InChI is InChI=1S/C14H20ClN3O2/c1-14(2,13(20)16-3)9-17-8-12(19)18-11-7-5-4-6-10(11)15/h4-7,17H,8-9H2,1-3H3,(H,16,20)(H,18,19). The SMILES string of the molecule is CNC(=O)C(C)(C)CNCC(=O)Nc1ccccc1Cl. The summed E-state index contributed by atoms with van der Waals surface area (Å²) in [4.78, 5) is 23.3. The second kappa shape index (κ2) is 7.26. The van der Waals surface area contributed by atoms with E-state index >= 15 is 0 Å². The molecule has 3 N–H and O–H groups in total. The van der Waals surface area contributed by atoms with Gasteiger partial charge in [-0.15, -0.1) is 0 Å². The van der Waals surface area contributed by atoms with Crippen molar-refractivity contribution in [2.24, 2.45) is 5.41 Å². The molecule has 0 aliphatic rings. The number of rotatable bonds is 6. The Morgan fingerprint density at radius 3 is 2.50 bits per heavy atom. The molecule has 0 aromatic heterocycles. The number of para-hydroxylation sites is 1. The molecule has 0 aliphatic heterocycles. The topological polar surface area (TPSA) is 70.2 Å². The van der Waals surface area contributed by atoms with Crippen LogP contribution in [0.2, 0.25) is 5.02 Å². The van der Waals surface area contributed by atoms with Crippen molar-refractivity contribution in [1.29, 1.82) is 0 Å². The van der Waals surface area contributed by atoms with E-state index < -0.39 is 5.41 Å². The van der Waals surface area contributed by atoms with Gasteiger partial charge in [0.05, 0.1) is 22.7 Å². The average Bonchev–Trinajstić information content (AvgIpc) is 2.40. The molecule has 5 nitrogen and oxygen atoms in total. The molecule has 0 spiro atoms. The third kappa shape index (κ3) is 4.83. The summed E-state index contributed by atoms with van der Waals surface area (Å²) in [6.07, 6.45) is 0. The molecule has 0 saturated heterocycles. The van der Waals surface area contributed by atoms with E-state index in [1.165, 1.54) is 0 Å². The van der Waals surface area contributed by atoms with Gasteiger partial charge in [0, 0.05) is 13.6 Å². The van der Waals surface area contributed by atoms with Gasteiger partial charge in [-0.3, -0.25) is 9.59 Å². The Labute approximate surface area is 124 Å². The minimum absolute atomic E-state index is 0.0727. The highest BCUT2D eigenvalue weighted by Gasteiger charge is 2.26. The summed E-state index contributed by atoms with van der Waals surface area (Å²) >= 11 is 5.95. The molecule has 0 saturated carbocycles. The van der Waals surface area contributed by atoms with E-state index in [-0.39, 0.29) is 18.4 Å². The van der Waals surface area contributed by atoms with Crippen LogP contribution in [0.1, 0.15) is 13.8 Å². The van der Waals surface area contributed by atoms with Gasteiger partial charge < -0.3 is 16.0 Å². The van der Waals surface area contributed by atoms with Gasteiger partial charge in [-0.2, -0.15) is 0 Å². The lowest BCUT2D eigenvalue weighted by atomic mass is 9.92. The molecule has 2 amide bonds. The van der Waals surface area contributed by atoms with Crippen molar-refractivity contribution >= 4 is 29.1 Å². The molecule has 20 heavy (non-hydrogen) atoms. The van der Waals surface area contributed by atoms with E-state index in [9.17, 15) is 9.59 Å². The number of hydrogen-bond donors (Lipinski definition) is 3. The fraction of sp³-hybridized carbons (Fsp3) is 0.429. The Balaban J connectivity index is 2.41. The first-order valence-corrected chi connectivity index (χ1v) is 6.72. The van der Waals surface area contributed by atoms with Gasteiger partial charge in [0.1, 0.15) is 0 Å². The van der Waals surface area contributed by atoms with E-state index in [1.54, 1.807) is 31.3 Å². The average molecular weight is 298 g/mol. The zero-order chi connectivity index (χ0) is 15.2. The Morgan fingerprint density at radius 1 is 1.25 bits per heavy atom. The number of anilines is 1. The molecule has 0 bridgehead atoms. The van der Waals surface area contributed by atoms with Gasteiger partial charge in [-0.1, -0.05) is 23.7 Å². The van der Waals surface area contributed by atoms with Gasteiger partial charge in [0.25, 0.3) is 0 Å². The number of carbonyl (C=O) groups is 2. The van der Waals surface area contributed by atoms with E-state index in [4.69, 9.17) is 11.6 Å². The van der Waals surface area contributed by atoms with Crippen LogP contribution in [0.15, 0.2) is 24.3 Å². The van der Waals surface area contributed by atoms with Crippen molar-refractivity contribution in [3.05, 3.63) is 29.3 Å². The smallest absolute Gasteiger partial charge is 0.238 e. The summed E-state index contributed by atoms with van der Waals surface area (Å²) in [5.74, 6) is -0.276. The Bertz CT molecular complexity index is 489. The van der Waals surface area contributed by atoms with Crippen molar-refractivity contribution in [2.75, 3.05) is 25.5 Å². The van der Waals surface area contributed by atoms with E-state index in [0.29, 0.717) is 17.3 Å². The summed E-state index contributed by atoms with van der Waals surface area (Å²) in [6.45, 7) is 4.14. The third-order valence-electron chi connectivity index (χ3n) is 2.84. The quantitative estimate of drug-likeness (QED) is 0.747. The molecular formula is C14H20ClN3O2. The maximum absolute atomic E-state index is 11.8. The van der Waals surface area contributed by atoms with Crippen LogP contribution in [0.25, 0.3) is 0 Å². The Morgan fingerprint density at radius 2 is 1.90 bits per heavy atom. The largest absolute Gasteiger partial charge is 0.359 e. The normalized spacial score (nSPS) is 11.0. The second-order valence-electron chi connectivity index (χ2n) is 5.09. The molecule has 0 radical (unpaired) electrons. The van der Waals surface area contributed by atoms with Crippen LogP contribution in [-0.4, -0.2) is 32.0 Å². The second-order valence-corrected chi connectivity index (χ2v) is 5.50. The lowest BCUT2D eigenvalue weighted by molar-refractivity contribution is -0.128. The molecule has 1 rings (SSSR count). The predicted octanol–water partition coefficient (Wildman–Crippen LogP) is 1.64.